The van der Waals surface area contributed by atoms with Crippen LogP contribution in [0.3, 0.4) is 0 Å². The summed E-state index contributed by atoms with van der Waals surface area (Å²) in [5.74, 6) is -0.460. The highest BCUT2D eigenvalue weighted by atomic mass is 16.2. The minimum absolute atomic E-state index is 0.156. The van der Waals surface area contributed by atoms with Crippen molar-refractivity contribution in [3.05, 3.63) is 45.7 Å². The van der Waals surface area contributed by atoms with E-state index >= 15 is 0 Å². The van der Waals surface area contributed by atoms with E-state index in [1.165, 1.54) is 21.7 Å². The number of carbonyl (C=O) groups is 1. The number of allylic oxidation sites excluding steroid dienone is 1. The van der Waals surface area contributed by atoms with Gasteiger partial charge in [0.1, 0.15) is 11.8 Å². The second-order valence-electron chi connectivity index (χ2n) is 5.90. The van der Waals surface area contributed by atoms with Crippen LogP contribution in [0.1, 0.15) is 46.2 Å². The standard InChI is InChI=1S/C17H23N3O/c1-8(2)20-16(18)15(17(21)19-20)14-12(6)10(4)9(3)11(5)13(14)7/h15,18H,1H2,2-7H3,(H,19,21). The van der Waals surface area contributed by atoms with E-state index in [9.17, 15) is 4.79 Å². The summed E-state index contributed by atoms with van der Waals surface area (Å²) in [4.78, 5) is 12.4. The average molecular weight is 285 g/mol. The molecule has 2 rings (SSSR count). The molecule has 1 aliphatic heterocycles. The number of carbonyl (C=O) groups excluding carboxylic acids is 1. The summed E-state index contributed by atoms with van der Waals surface area (Å²) >= 11 is 0. The van der Waals surface area contributed by atoms with Crippen LogP contribution in [-0.4, -0.2) is 16.8 Å². The lowest BCUT2D eigenvalue weighted by Crippen LogP contribution is -2.33. The van der Waals surface area contributed by atoms with Crippen LogP contribution in [0.15, 0.2) is 12.3 Å². The molecule has 4 nitrogen and oxygen atoms in total. The predicted octanol–water partition coefficient (Wildman–Crippen LogP) is 3.17. The van der Waals surface area contributed by atoms with Gasteiger partial charge in [0.05, 0.1) is 0 Å². The van der Waals surface area contributed by atoms with Gasteiger partial charge in [0.15, 0.2) is 0 Å². The van der Waals surface area contributed by atoms with E-state index in [0.29, 0.717) is 5.70 Å². The van der Waals surface area contributed by atoms with Gasteiger partial charge in [-0.3, -0.25) is 15.6 Å². The quantitative estimate of drug-likeness (QED) is 0.877. The summed E-state index contributed by atoms with van der Waals surface area (Å²) < 4.78 is 0. The number of amidine groups is 1. The predicted molar refractivity (Wildman–Crippen MR) is 85.4 cm³/mol. The molecule has 0 aliphatic carbocycles. The summed E-state index contributed by atoms with van der Waals surface area (Å²) in [5, 5.41) is 9.80. The average Bonchev–Trinajstić information content (AvgIpc) is 2.71. The second kappa shape index (κ2) is 5.02. The summed E-state index contributed by atoms with van der Waals surface area (Å²) in [7, 11) is 0. The van der Waals surface area contributed by atoms with Gasteiger partial charge in [-0.05, 0) is 74.9 Å². The molecule has 1 atom stereocenters. The van der Waals surface area contributed by atoms with Crippen molar-refractivity contribution in [2.75, 3.05) is 0 Å². The molecule has 1 saturated heterocycles. The topological polar surface area (TPSA) is 56.2 Å². The first-order valence-electron chi connectivity index (χ1n) is 7.09. The van der Waals surface area contributed by atoms with Crippen molar-refractivity contribution in [1.29, 1.82) is 5.41 Å². The molecule has 2 N–H and O–H groups in total. The van der Waals surface area contributed by atoms with Crippen LogP contribution in [0.4, 0.5) is 0 Å². The normalized spacial score (nSPS) is 18.2. The molecule has 1 fully saturated rings. The maximum absolute atomic E-state index is 12.4. The molecule has 0 spiro atoms. The molecule has 1 aromatic rings. The number of hydrogen-bond acceptors (Lipinski definition) is 2. The van der Waals surface area contributed by atoms with Crippen LogP contribution in [0.5, 0.6) is 0 Å². The van der Waals surface area contributed by atoms with Gasteiger partial charge in [-0.1, -0.05) is 6.58 Å². The van der Waals surface area contributed by atoms with Gasteiger partial charge in [-0.15, -0.1) is 0 Å². The Morgan fingerprint density at radius 2 is 1.48 bits per heavy atom. The number of nitrogens with one attached hydrogen (secondary N) is 2. The molecule has 1 aromatic carbocycles. The fourth-order valence-corrected chi connectivity index (χ4v) is 3.02. The van der Waals surface area contributed by atoms with Gasteiger partial charge in [0.25, 0.3) is 5.91 Å². The lowest BCUT2D eigenvalue weighted by molar-refractivity contribution is -0.121. The van der Waals surface area contributed by atoms with Crippen LogP contribution in [0, 0.1) is 40.0 Å². The monoisotopic (exact) mass is 285 g/mol. The van der Waals surface area contributed by atoms with Crippen LogP contribution >= 0.6 is 0 Å². The largest absolute Gasteiger partial charge is 0.286 e. The first-order chi connectivity index (χ1) is 9.68. The molecule has 0 aromatic heterocycles. The van der Waals surface area contributed by atoms with Crippen LogP contribution in [0.2, 0.25) is 0 Å². The highest BCUT2D eigenvalue weighted by Gasteiger charge is 2.39. The minimum atomic E-state index is -0.556. The lowest BCUT2D eigenvalue weighted by Gasteiger charge is -2.22. The van der Waals surface area contributed by atoms with Crippen LogP contribution < -0.4 is 5.43 Å². The third-order valence-corrected chi connectivity index (χ3v) is 4.73. The summed E-state index contributed by atoms with van der Waals surface area (Å²) in [6.07, 6.45) is 0. The Balaban J connectivity index is 2.66. The number of nitrogens with zero attached hydrogens (tertiary/aromatic N) is 1. The number of amides is 1. The fourth-order valence-electron chi connectivity index (χ4n) is 3.02. The molecule has 112 valence electrons. The van der Waals surface area contributed by atoms with E-state index in [-0.39, 0.29) is 11.7 Å². The van der Waals surface area contributed by atoms with E-state index < -0.39 is 5.92 Å². The number of rotatable bonds is 2. The second-order valence-corrected chi connectivity index (χ2v) is 5.90. The third-order valence-electron chi connectivity index (χ3n) is 4.73. The molecule has 1 heterocycles. The van der Waals surface area contributed by atoms with E-state index in [4.69, 9.17) is 5.41 Å². The molecule has 4 heteroatoms. The van der Waals surface area contributed by atoms with Gasteiger partial charge in [0, 0.05) is 5.70 Å². The van der Waals surface area contributed by atoms with Gasteiger partial charge in [-0.25, -0.2) is 5.01 Å². The van der Waals surface area contributed by atoms with Crippen molar-refractivity contribution in [3.8, 4) is 0 Å². The molecular formula is C17H23N3O. The zero-order valence-electron chi connectivity index (χ0n) is 13.6. The third kappa shape index (κ3) is 2.15. The summed E-state index contributed by atoms with van der Waals surface area (Å²) in [6.45, 7) is 15.9. The molecule has 0 saturated carbocycles. The van der Waals surface area contributed by atoms with E-state index in [2.05, 4.69) is 32.8 Å². The van der Waals surface area contributed by atoms with Crippen molar-refractivity contribution in [2.45, 2.75) is 47.5 Å². The first kappa shape index (κ1) is 15.3. The Morgan fingerprint density at radius 1 is 1.05 bits per heavy atom. The van der Waals surface area contributed by atoms with Gasteiger partial charge >= 0.3 is 0 Å². The lowest BCUT2D eigenvalue weighted by atomic mass is 9.83. The van der Waals surface area contributed by atoms with Gasteiger partial charge in [0.2, 0.25) is 0 Å². The smallest absolute Gasteiger partial charge is 0.254 e. The Morgan fingerprint density at radius 3 is 1.86 bits per heavy atom. The molecule has 0 radical (unpaired) electrons. The van der Waals surface area contributed by atoms with E-state index in [0.717, 1.165) is 16.7 Å². The number of hydrazine groups is 1. The van der Waals surface area contributed by atoms with Gasteiger partial charge < -0.3 is 0 Å². The maximum atomic E-state index is 12.4. The van der Waals surface area contributed by atoms with Crippen molar-refractivity contribution in [1.82, 2.24) is 10.4 Å². The molecule has 1 unspecified atom stereocenters. The Kier molecular flexibility index (Phi) is 3.66. The maximum Gasteiger partial charge on any atom is 0.254 e. The SMILES string of the molecule is C=C(C)N1NC(=O)C(c2c(C)c(C)c(C)c(C)c2C)C1=N. The van der Waals surface area contributed by atoms with Crippen molar-refractivity contribution < 1.29 is 4.79 Å². The fraction of sp³-hybridized carbons (Fsp3) is 0.412. The van der Waals surface area contributed by atoms with Gasteiger partial charge in [-0.2, -0.15) is 0 Å². The first-order valence-corrected chi connectivity index (χ1v) is 7.09. The number of benzene rings is 1. The highest BCUT2D eigenvalue weighted by Crippen LogP contribution is 2.35. The van der Waals surface area contributed by atoms with Crippen LogP contribution in [0.25, 0.3) is 0 Å². The molecule has 21 heavy (non-hydrogen) atoms. The van der Waals surface area contributed by atoms with Crippen molar-refractivity contribution in [3.63, 3.8) is 0 Å². The van der Waals surface area contributed by atoms with Crippen LogP contribution in [-0.2, 0) is 4.79 Å². The highest BCUT2D eigenvalue weighted by molar-refractivity contribution is 6.12. The minimum Gasteiger partial charge on any atom is -0.286 e. The zero-order valence-corrected chi connectivity index (χ0v) is 13.6. The van der Waals surface area contributed by atoms with E-state index in [1.807, 2.05) is 13.8 Å². The molecule has 1 amide bonds. The molecular weight excluding hydrogens is 262 g/mol. The Labute approximate surface area is 126 Å². The zero-order chi connectivity index (χ0) is 16.1. The summed E-state index contributed by atoms with van der Waals surface area (Å²) in [5.41, 5.74) is 10.2. The number of hydrogen-bond donors (Lipinski definition) is 2. The summed E-state index contributed by atoms with van der Waals surface area (Å²) in [6, 6.07) is 0. The Hall–Kier alpha value is -2.10. The van der Waals surface area contributed by atoms with E-state index in [1.54, 1.807) is 6.92 Å². The van der Waals surface area contributed by atoms with Crippen molar-refractivity contribution in [2.24, 2.45) is 0 Å². The molecule has 1 aliphatic rings. The molecule has 0 bridgehead atoms. The van der Waals surface area contributed by atoms with Crippen molar-refractivity contribution >= 4 is 11.7 Å². The Bertz CT molecular complexity index is 644.